The van der Waals surface area contributed by atoms with E-state index in [4.69, 9.17) is 22.1 Å². The number of para-hydroxylation sites is 1. The van der Waals surface area contributed by atoms with E-state index in [0.29, 0.717) is 46.3 Å². The molecule has 0 radical (unpaired) electrons. The van der Waals surface area contributed by atoms with Crippen molar-refractivity contribution in [1.82, 2.24) is 0 Å². The Morgan fingerprint density at radius 3 is 2.69 bits per heavy atom. The first-order chi connectivity index (χ1) is 15.4. The standard InChI is InChI=1S/C25H20ClN3O3/c1-15-4-2-7-21(26)24(15)32-22-11-16(8-9-18(22)13-27)19-12-23(30)29(14-19)20-6-3-5-17(10-20)25(28)31/h2-11,19H,12,14H2,1H3,(H2,28,31)/t19-/m0/s1. The number of nitriles is 1. The summed E-state index contributed by atoms with van der Waals surface area (Å²) in [6, 6.07) is 19.6. The maximum atomic E-state index is 12.7. The second-order valence-electron chi connectivity index (χ2n) is 7.68. The Balaban J connectivity index is 1.63. The zero-order valence-corrected chi connectivity index (χ0v) is 18.1. The fourth-order valence-corrected chi connectivity index (χ4v) is 4.09. The van der Waals surface area contributed by atoms with E-state index in [9.17, 15) is 14.9 Å². The maximum Gasteiger partial charge on any atom is 0.248 e. The average Bonchev–Trinajstić information content (AvgIpc) is 3.18. The van der Waals surface area contributed by atoms with Crippen LogP contribution in [0.4, 0.5) is 5.69 Å². The Bertz CT molecular complexity index is 1250. The number of hydrogen-bond donors (Lipinski definition) is 1. The number of halogens is 1. The number of hydrogen-bond acceptors (Lipinski definition) is 4. The highest BCUT2D eigenvalue weighted by Crippen LogP contribution is 2.38. The van der Waals surface area contributed by atoms with Gasteiger partial charge in [0.1, 0.15) is 17.6 Å². The van der Waals surface area contributed by atoms with Gasteiger partial charge in [0.2, 0.25) is 11.8 Å². The van der Waals surface area contributed by atoms with Gasteiger partial charge in [-0.05, 0) is 54.4 Å². The molecular formula is C25H20ClN3O3. The Hall–Kier alpha value is -3.82. The molecular weight excluding hydrogens is 426 g/mol. The molecule has 3 aromatic rings. The lowest BCUT2D eigenvalue weighted by Crippen LogP contribution is -2.24. The Morgan fingerprint density at radius 2 is 1.97 bits per heavy atom. The monoisotopic (exact) mass is 445 g/mol. The number of nitrogens with zero attached hydrogens (tertiary/aromatic N) is 2. The van der Waals surface area contributed by atoms with Crippen LogP contribution in [0.25, 0.3) is 0 Å². The molecule has 6 nitrogen and oxygen atoms in total. The van der Waals surface area contributed by atoms with Crippen molar-refractivity contribution >= 4 is 29.1 Å². The van der Waals surface area contributed by atoms with Gasteiger partial charge in [-0.25, -0.2) is 0 Å². The highest BCUT2D eigenvalue weighted by molar-refractivity contribution is 6.32. The first-order valence-electron chi connectivity index (χ1n) is 10.0. The molecule has 1 heterocycles. The van der Waals surface area contributed by atoms with Crippen LogP contribution in [0, 0.1) is 18.3 Å². The molecule has 0 spiro atoms. The molecule has 1 fully saturated rings. The van der Waals surface area contributed by atoms with Crippen LogP contribution < -0.4 is 15.4 Å². The second-order valence-corrected chi connectivity index (χ2v) is 8.08. The summed E-state index contributed by atoms with van der Waals surface area (Å²) in [5.41, 5.74) is 8.46. The summed E-state index contributed by atoms with van der Waals surface area (Å²) in [4.78, 5) is 25.9. The van der Waals surface area contributed by atoms with Gasteiger partial charge in [-0.15, -0.1) is 0 Å². The summed E-state index contributed by atoms with van der Waals surface area (Å²) in [5.74, 6) is 0.199. The lowest BCUT2D eigenvalue weighted by Gasteiger charge is -2.18. The van der Waals surface area contributed by atoms with Gasteiger partial charge in [-0.3, -0.25) is 9.59 Å². The van der Waals surface area contributed by atoms with E-state index in [0.717, 1.165) is 11.1 Å². The molecule has 1 aliphatic rings. The smallest absolute Gasteiger partial charge is 0.248 e. The first kappa shape index (κ1) is 21.4. The van der Waals surface area contributed by atoms with Crippen molar-refractivity contribution in [2.45, 2.75) is 19.3 Å². The Labute approximate surface area is 190 Å². The number of benzene rings is 3. The van der Waals surface area contributed by atoms with Crippen molar-refractivity contribution in [2.24, 2.45) is 5.73 Å². The van der Waals surface area contributed by atoms with E-state index in [1.807, 2.05) is 25.1 Å². The van der Waals surface area contributed by atoms with E-state index in [-0.39, 0.29) is 11.8 Å². The van der Waals surface area contributed by atoms with Gasteiger partial charge in [0, 0.05) is 30.1 Å². The van der Waals surface area contributed by atoms with E-state index < -0.39 is 5.91 Å². The fraction of sp³-hybridized carbons (Fsp3) is 0.160. The quantitative estimate of drug-likeness (QED) is 0.602. The average molecular weight is 446 g/mol. The normalized spacial score (nSPS) is 15.5. The van der Waals surface area contributed by atoms with Gasteiger partial charge in [-0.2, -0.15) is 5.26 Å². The molecule has 1 atom stereocenters. The molecule has 0 bridgehead atoms. The van der Waals surface area contributed by atoms with Crippen molar-refractivity contribution in [3.63, 3.8) is 0 Å². The van der Waals surface area contributed by atoms with Gasteiger partial charge < -0.3 is 15.4 Å². The molecule has 4 rings (SSSR count). The highest BCUT2D eigenvalue weighted by atomic mass is 35.5. The zero-order valence-electron chi connectivity index (χ0n) is 17.3. The van der Waals surface area contributed by atoms with E-state index in [1.54, 1.807) is 47.4 Å². The summed E-state index contributed by atoms with van der Waals surface area (Å²) in [5, 5.41) is 9.99. The number of carbonyl (C=O) groups is 2. The Kier molecular flexibility index (Phi) is 5.85. The molecule has 160 valence electrons. The number of anilines is 1. The maximum absolute atomic E-state index is 12.7. The summed E-state index contributed by atoms with van der Waals surface area (Å²) in [7, 11) is 0. The van der Waals surface area contributed by atoms with Crippen molar-refractivity contribution < 1.29 is 14.3 Å². The van der Waals surface area contributed by atoms with Crippen LogP contribution >= 0.6 is 11.6 Å². The van der Waals surface area contributed by atoms with E-state index in [1.165, 1.54) is 0 Å². The number of amides is 2. The van der Waals surface area contributed by atoms with Crippen LogP contribution in [-0.4, -0.2) is 18.4 Å². The minimum Gasteiger partial charge on any atom is -0.454 e. The predicted molar refractivity (Wildman–Crippen MR) is 122 cm³/mol. The van der Waals surface area contributed by atoms with Crippen molar-refractivity contribution in [3.05, 3.63) is 87.9 Å². The lowest BCUT2D eigenvalue weighted by atomic mass is 9.96. The third-order valence-electron chi connectivity index (χ3n) is 5.54. The van der Waals surface area contributed by atoms with Crippen molar-refractivity contribution in [3.8, 4) is 17.6 Å². The summed E-state index contributed by atoms with van der Waals surface area (Å²) < 4.78 is 6.04. The minimum atomic E-state index is -0.543. The van der Waals surface area contributed by atoms with Crippen LogP contribution in [0.1, 0.15) is 39.4 Å². The lowest BCUT2D eigenvalue weighted by molar-refractivity contribution is -0.117. The third-order valence-corrected chi connectivity index (χ3v) is 5.84. The number of rotatable bonds is 5. The molecule has 1 saturated heterocycles. The zero-order chi connectivity index (χ0) is 22.8. The summed E-state index contributed by atoms with van der Waals surface area (Å²) >= 11 is 6.29. The second kappa shape index (κ2) is 8.74. The molecule has 0 aromatic heterocycles. The topological polar surface area (TPSA) is 96.4 Å². The molecule has 3 aromatic carbocycles. The van der Waals surface area contributed by atoms with E-state index in [2.05, 4.69) is 6.07 Å². The van der Waals surface area contributed by atoms with E-state index >= 15 is 0 Å². The fourth-order valence-electron chi connectivity index (χ4n) is 3.83. The minimum absolute atomic E-state index is 0.0506. The molecule has 32 heavy (non-hydrogen) atoms. The molecule has 0 saturated carbocycles. The first-order valence-corrected chi connectivity index (χ1v) is 10.4. The molecule has 7 heteroatoms. The molecule has 0 unspecified atom stereocenters. The van der Waals surface area contributed by atoms with Crippen LogP contribution in [0.5, 0.6) is 11.5 Å². The Morgan fingerprint density at radius 1 is 1.19 bits per heavy atom. The van der Waals surface area contributed by atoms with Gasteiger partial charge >= 0.3 is 0 Å². The third kappa shape index (κ3) is 4.16. The van der Waals surface area contributed by atoms with Crippen molar-refractivity contribution in [2.75, 3.05) is 11.4 Å². The van der Waals surface area contributed by atoms with Gasteiger partial charge in [-0.1, -0.05) is 35.9 Å². The molecule has 0 aliphatic carbocycles. The van der Waals surface area contributed by atoms with Gasteiger partial charge in [0.05, 0.1) is 10.6 Å². The molecule has 1 aliphatic heterocycles. The molecule has 2 amide bonds. The van der Waals surface area contributed by atoms with Crippen molar-refractivity contribution in [1.29, 1.82) is 5.26 Å². The molecule has 2 N–H and O–H groups in total. The number of primary amides is 1. The summed E-state index contributed by atoms with van der Waals surface area (Å²) in [6.45, 7) is 2.32. The van der Waals surface area contributed by atoms with Gasteiger partial charge in [0.25, 0.3) is 0 Å². The number of carbonyl (C=O) groups excluding carboxylic acids is 2. The summed E-state index contributed by atoms with van der Waals surface area (Å²) in [6.07, 6.45) is 0.303. The number of nitrogens with two attached hydrogens (primary N) is 1. The number of ether oxygens (including phenoxy) is 1. The van der Waals surface area contributed by atoms with Crippen LogP contribution in [-0.2, 0) is 4.79 Å². The largest absolute Gasteiger partial charge is 0.454 e. The highest BCUT2D eigenvalue weighted by Gasteiger charge is 2.32. The number of aryl methyl sites for hydroxylation is 1. The predicted octanol–water partition coefficient (Wildman–Crippen LogP) is 4.93. The SMILES string of the molecule is Cc1cccc(Cl)c1Oc1cc([C@H]2CC(=O)N(c3cccc(C(N)=O)c3)C2)ccc1C#N. The van der Waals surface area contributed by atoms with Crippen LogP contribution in [0.2, 0.25) is 5.02 Å². The van der Waals surface area contributed by atoms with Gasteiger partial charge in [0.15, 0.2) is 0 Å². The van der Waals surface area contributed by atoms with Crippen LogP contribution in [0.15, 0.2) is 60.7 Å². The van der Waals surface area contributed by atoms with Crippen LogP contribution in [0.3, 0.4) is 0 Å².